The van der Waals surface area contributed by atoms with Crippen LogP contribution >= 0.6 is 0 Å². The summed E-state index contributed by atoms with van der Waals surface area (Å²) in [5, 5.41) is 0. The first-order chi connectivity index (χ1) is 18.9. The van der Waals surface area contributed by atoms with Crippen LogP contribution in [0.1, 0.15) is 82.8 Å². The summed E-state index contributed by atoms with van der Waals surface area (Å²) in [5.74, 6) is 2.11. The third kappa shape index (κ3) is 7.87. The molecule has 3 aliphatic rings. The second-order valence-corrected chi connectivity index (χ2v) is 15.7. The maximum Gasteiger partial charge on any atom is 0.243 e. The number of hydrogen-bond acceptors (Lipinski definition) is 6. The van der Waals surface area contributed by atoms with Gasteiger partial charge in [0.1, 0.15) is 11.5 Å². The highest BCUT2D eigenvalue weighted by Gasteiger charge is 2.33. The maximum atomic E-state index is 13.3. The van der Waals surface area contributed by atoms with Gasteiger partial charge in [0.2, 0.25) is 10.0 Å². The lowest BCUT2D eigenvalue weighted by atomic mass is 9.81. The Hall–Kier alpha value is -1.48. The van der Waals surface area contributed by atoms with Gasteiger partial charge in [0.05, 0.1) is 12.0 Å². The third-order valence-corrected chi connectivity index (χ3v) is 12.0. The third-order valence-electron chi connectivity index (χ3n) is 9.81. The molecule has 1 aromatic carbocycles. The van der Waals surface area contributed by atoms with E-state index in [1.54, 1.807) is 40.1 Å². The molecule has 1 aliphatic carbocycles. The number of Topliss-reactive ketones (excluding diaryl/α,β-unsaturated/α-hetero) is 1. The molecule has 0 spiro atoms. The molecule has 226 valence electrons. The van der Waals surface area contributed by atoms with E-state index in [0.717, 1.165) is 18.8 Å². The SMILES string of the molecule is COc1cc(C)c(S(=O)(=O)N(C)CCC(=O)CC2CCC(N3CCC(CN4CCC(C)(C)C4)CC3)CC2)c(C)c1. The molecule has 1 aromatic rings. The first-order valence-corrected chi connectivity index (χ1v) is 16.9. The molecule has 0 aromatic heterocycles. The van der Waals surface area contributed by atoms with E-state index in [9.17, 15) is 13.2 Å². The van der Waals surface area contributed by atoms with Crippen LogP contribution in [0.2, 0.25) is 0 Å². The summed E-state index contributed by atoms with van der Waals surface area (Å²) in [6.07, 6.45) is 9.41. The molecule has 1 saturated carbocycles. The van der Waals surface area contributed by atoms with E-state index in [0.29, 0.717) is 45.6 Å². The monoisotopic (exact) mass is 575 g/mol. The molecule has 2 heterocycles. The number of benzene rings is 1. The molecular weight excluding hydrogens is 522 g/mol. The largest absolute Gasteiger partial charge is 0.497 e. The molecule has 0 atom stereocenters. The molecule has 0 radical (unpaired) electrons. The predicted molar refractivity (Wildman–Crippen MR) is 161 cm³/mol. The number of hydrogen-bond donors (Lipinski definition) is 0. The molecule has 40 heavy (non-hydrogen) atoms. The van der Waals surface area contributed by atoms with Crippen LogP contribution in [0.25, 0.3) is 0 Å². The van der Waals surface area contributed by atoms with Crippen molar-refractivity contribution in [1.82, 2.24) is 14.1 Å². The highest BCUT2D eigenvalue weighted by Crippen LogP contribution is 2.34. The lowest BCUT2D eigenvalue weighted by Gasteiger charge is -2.41. The number of methoxy groups -OCH3 is 1. The van der Waals surface area contributed by atoms with E-state index < -0.39 is 10.0 Å². The molecular formula is C32H53N3O4S. The zero-order valence-corrected chi connectivity index (χ0v) is 26.7. The van der Waals surface area contributed by atoms with Crippen LogP contribution in [0.5, 0.6) is 5.75 Å². The Labute approximate surface area is 243 Å². The van der Waals surface area contributed by atoms with Crippen molar-refractivity contribution >= 4 is 15.8 Å². The van der Waals surface area contributed by atoms with Crippen LogP contribution in [0.15, 0.2) is 17.0 Å². The lowest BCUT2D eigenvalue weighted by molar-refractivity contribution is -0.120. The topological polar surface area (TPSA) is 70.2 Å². The van der Waals surface area contributed by atoms with E-state index in [2.05, 4.69) is 23.6 Å². The van der Waals surface area contributed by atoms with Crippen LogP contribution in [-0.4, -0.2) is 87.8 Å². The van der Waals surface area contributed by atoms with Gasteiger partial charge in [0, 0.05) is 45.6 Å². The van der Waals surface area contributed by atoms with Crippen molar-refractivity contribution in [2.45, 2.75) is 96.4 Å². The molecule has 3 fully saturated rings. The Morgan fingerprint density at radius 1 is 1.00 bits per heavy atom. The van der Waals surface area contributed by atoms with Crippen LogP contribution < -0.4 is 4.74 Å². The van der Waals surface area contributed by atoms with Gasteiger partial charge < -0.3 is 14.5 Å². The van der Waals surface area contributed by atoms with Crippen molar-refractivity contribution in [2.24, 2.45) is 17.3 Å². The Kier molecular flexibility index (Phi) is 10.4. The highest BCUT2D eigenvalue weighted by molar-refractivity contribution is 7.89. The molecule has 7 nitrogen and oxygen atoms in total. The quantitative estimate of drug-likeness (QED) is 0.357. The van der Waals surface area contributed by atoms with Gasteiger partial charge in [0.15, 0.2) is 0 Å². The number of ketones is 1. The summed E-state index contributed by atoms with van der Waals surface area (Å²) < 4.78 is 33.1. The minimum atomic E-state index is -3.67. The van der Waals surface area contributed by atoms with Gasteiger partial charge in [-0.1, -0.05) is 13.8 Å². The van der Waals surface area contributed by atoms with Crippen molar-refractivity contribution in [1.29, 1.82) is 0 Å². The van der Waals surface area contributed by atoms with Gasteiger partial charge in [-0.2, -0.15) is 0 Å². The Morgan fingerprint density at radius 3 is 2.17 bits per heavy atom. The fourth-order valence-corrected chi connectivity index (χ4v) is 8.95. The van der Waals surface area contributed by atoms with E-state index in [-0.39, 0.29) is 18.7 Å². The number of ether oxygens (including phenoxy) is 1. The molecule has 0 amide bonds. The molecule has 0 unspecified atom stereocenters. The second kappa shape index (κ2) is 13.2. The number of aryl methyl sites for hydroxylation is 2. The van der Waals surface area contributed by atoms with Crippen LogP contribution in [0, 0.1) is 31.1 Å². The van der Waals surface area contributed by atoms with Crippen molar-refractivity contribution < 1.29 is 17.9 Å². The molecule has 0 N–H and O–H groups in total. The van der Waals surface area contributed by atoms with Crippen molar-refractivity contribution in [2.75, 3.05) is 53.4 Å². The van der Waals surface area contributed by atoms with E-state index >= 15 is 0 Å². The van der Waals surface area contributed by atoms with Gasteiger partial charge in [-0.15, -0.1) is 0 Å². The summed E-state index contributed by atoms with van der Waals surface area (Å²) in [6, 6.07) is 4.16. The van der Waals surface area contributed by atoms with Gasteiger partial charge >= 0.3 is 0 Å². The molecule has 4 rings (SSSR count). The highest BCUT2D eigenvalue weighted by atomic mass is 32.2. The first kappa shape index (κ1) is 31.5. The van der Waals surface area contributed by atoms with Gasteiger partial charge in [-0.05, 0) is 119 Å². The van der Waals surface area contributed by atoms with Crippen LogP contribution in [0.4, 0.5) is 0 Å². The fourth-order valence-electron chi connectivity index (χ4n) is 7.38. The fraction of sp³-hybridized carbons (Fsp3) is 0.781. The standard InChI is InChI=1S/C32H53N3O4S/c1-24-19-30(39-6)20-25(2)31(24)40(37,38)33(5)15-13-29(36)21-26-7-9-28(10-8-26)35-16-11-27(12-17-35)22-34-18-14-32(3,4)23-34/h19-20,26-28H,7-18,21-23H2,1-6H3. The van der Waals surface area contributed by atoms with Gasteiger partial charge in [-0.25, -0.2) is 12.7 Å². The normalized spacial score (nSPS) is 25.0. The Balaban J connectivity index is 1.16. The second-order valence-electron chi connectivity index (χ2n) is 13.7. The number of nitrogens with zero attached hydrogens (tertiary/aromatic N) is 3. The molecule has 2 saturated heterocycles. The Morgan fingerprint density at radius 2 is 1.62 bits per heavy atom. The molecule has 0 bridgehead atoms. The van der Waals surface area contributed by atoms with Gasteiger partial charge in [0.25, 0.3) is 0 Å². The van der Waals surface area contributed by atoms with E-state index in [1.807, 2.05) is 0 Å². The lowest BCUT2D eigenvalue weighted by Crippen LogP contribution is -2.45. The maximum absolute atomic E-state index is 13.3. The summed E-state index contributed by atoms with van der Waals surface area (Å²) in [4.78, 5) is 18.6. The minimum absolute atomic E-state index is 0.180. The number of rotatable bonds is 11. The van der Waals surface area contributed by atoms with E-state index in [1.165, 1.54) is 69.1 Å². The zero-order valence-electron chi connectivity index (χ0n) is 25.9. The Bertz CT molecular complexity index is 1100. The average Bonchev–Trinajstić information content (AvgIpc) is 3.25. The van der Waals surface area contributed by atoms with Crippen LogP contribution in [-0.2, 0) is 14.8 Å². The summed E-state index contributed by atoms with van der Waals surface area (Å²) in [5.41, 5.74) is 1.81. The average molecular weight is 576 g/mol. The van der Waals surface area contributed by atoms with Crippen molar-refractivity contribution in [3.8, 4) is 5.75 Å². The van der Waals surface area contributed by atoms with E-state index in [4.69, 9.17) is 4.74 Å². The number of carbonyl (C=O) groups excluding carboxylic acids is 1. The molecule has 2 aliphatic heterocycles. The smallest absolute Gasteiger partial charge is 0.243 e. The zero-order chi connectivity index (χ0) is 29.1. The summed E-state index contributed by atoms with van der Waals surface area (Å²) in [7, 11) is -0.522. The number of sulfonamides is 1. The summed E-state index contributed by atoms with van der Waals surface area (Å²) >= 11 is 0. The molecule has 8 heteroatoms. The predicted octanol–water partition coefficient (Wildman–Crippen LogP) is 5.28. The van der Waals surface area contributed by atoms with Gasteiger partial charge in [-0.3, -0.25) is 4.79 Å². The van der Waals surface area contributed by atoms with Crippen molar-refractivity contribution in [3.05, 3.63) is 23.3 Å². The summed E-state index contributed by atoms with van der Waals surface area (Å²) in [6.45, 7) is 14.8. The number of carbonyl (C=O) groups is 1. The minimum Gasteiger partial charge on any atom is -0.497 e. The van der Waals surface area contributed by atoms with Crippen molar-refractivity contribution in [3.63, 3.8) is 0 Å². The van der Waals surface area contributed by atoms with Crippen LogP contribution in [0.3, 0.4) is 0 Å². The first-order valence-electron chi connectivity index (χ1n) is 15.5. The number of likely N-dealkylation sites (tertiary alicyclic amines) is 2. The number of piperidine rings is 1.